The van der Waals surface area contributed by atoms with E-state index in [0.29, 0.717) is 17.4 Å². The highest BCUT2D eigenvalue weighted by Gasteiger charge is 2.50. The van der Waals surface area contributed by atoms with Gasteiger partial charge in [0.05, 0.1) is 30.9 Å². The zero-order valence-corrected chi connectivity index (χ0v) is 21.7. The maximum Gasteiger partial charge on any atom is 0.417 e. The van der Waals surface area contributed by atoms with E-state index in [-0.39, 0.29) is 16.9 Å². The van der Waals surface area contributed by atoms with E-state index in [0.717, 1.165) is 68.3 Å². The smallest absolute Gasteiger partial charge is 0.417 e. The third kappa shape index (κ3) is 4.66. The first kappa shape index (κ1) is 25.5. The van der Waals surface area contributed by atoms with Gasteiger partial charge >= 0.3 is 6.18 Å². The predicted molar refractivity (Wildman–Crippen MR) is 134 cm³/mol. The summed E-state index contributed by atoms with van der Waals surface area (Å²) in [6, 6.07) is 2.97. The molecule has 3 aliphatic rings. The lowest BCUT2D eigenvalue weighted by Crippen LogP contribution is -2.47. The molecule has 7 nitrogen and oxygen atoms in total. The summed E-state index contributed by atoms with van der Waals surface area (Å²) in [4.78, 5) is 18.1. The Bertz CT molecular complexity index is 1240. The first-order valence-corrected chi connectivity index (χ1v) is 12.8. The molecule has 3 aliphatic carbocycles. The van der Waals surface area contributed by atoms with Crippen LogP contribution in [0, 0.1) is 12.3 Å². The molecule has 0 aromatic carbocycles. The van der Waals surface area contributed by atoms with E-state index < -0.39 is 11.7 Å². The number of methoxy groups -OCH3 is 1. The maximum atomic E-state index is 13.0. The molecule has 0 saturated heterocycles. The highest BCUT2D eigenvalue weighted by Crippen LogP contribution is 2.57. The van der Waals surface area contributed by atoms with Crippen molar-refractivity contribution in [2.24, 2.45) is 5.41 Å². The van der Waals surface area contributed by atoms with E-state index in [1.165, 1.54) is 6.07 Å². The molecule has 0 amide bonds. The number of aryl methyl sites for hydroxylation is 1. The zero-order valence-electron chi connectivity index (χ0n) is 21.7. The average molecular weight is 515 g/mol. The van der Waals surface area contributed by atoms with Gasteiger partial charge in [0.1, 0.15) is 5.69 Å². The van der Waals surface area contributed by atoms with Crippen LogP contribution in [0.2, 0.25) is 0 Å². The number of imidazole rings is 1. The van der Waals surface area contributed by atoms with Crippen molar-refractivity contribution < 1.29 is 17.9 Å². The van der Waals surface area contributed by atoms with Gasteiger partial charge in [0.2, 0.25) is 0 Å². The van der Waals surface area contributed by atoms with E-state index in [1.807, 2.05) is 13.3 Å². The van der Waals surface area contributed by atoms with Crippen LogP contribution in [0.3, 0.4) is 0 Å². The second-order valence-corrected chi connectivity index (χ2v) is 10.9. The Labute approximate surface area is 214 Å². The number of nitrogens with one attached hydrogen (secondary N) is 1. The molecule has 3 aromatic heterocycles. The van der Waals surface area contributed by atoms with Crippen LogP contribution >= 0.6 is 0 Å². The summed E-state index contributed by atoms with van der Waals surface area (Å²) in [5, 5.41) is 3.55. The monoisotopic (exact) mass is 514 g/mol. The quantitative estimate of drug-likeness (QED) is 0.396. The number of alkyl halides is 3. The van der Waals surface area contributed by atoms with E-state index in [9.17, 15) is 13.2 Å². The second kappa shape index (κ2) is 9.29. The van der Waals surface area contributed by atoms with E-state index in [2.05, 4.69) is 38.7 Å². The van der Waals surface area contributed by atoms with Crippen molar-refractivity contribution in [1.82, 2.24) is 24.5 Å². The molecular weight excluding hydrogens is 481 g/mol. The Morgan fingerprint density at radius 3 is 2.30 bits per heavy atom. The van der Waals surface area contributed by atoms with Crippen LogP contribution in [-0.4, -0.2) is 38.2 Å². The van der Waals surface area contributed by atoms with Crippen LogP contribution in [-0.2, 0) is 11.6 Å². The molecule has 0 unspecified atom stereocenters. The van der Waals surface area contributed by atoms with Crippen molar-refractivity contribution >= 4 is 5.82 Å². The van der Waals surface area contributed by atoms with Gasteiger partial charge in [0.15, 0.2) is 17.4 Å². The molecule has 3 fully saturated rings. The van der Waals surface area contributed by atoms with Gasteiger partial charge in [-0.1, -0.05) is 0 Å². The number of anilines is 1. The number of rotatable bonds is 7. The molecule has 0 aliphatic heterocycles. The number of pyridine rings is 1. The Kier molecular flexibility index (Phi) is 6.40. The van der Waals surface area contributed by atoms with Crippen molar-refractivity contribution in [3.63, 3.8) is 0 Å². The second-order valence-electron chi connectivity index (χ2n) is 10.9. The summed E-state index contributed by atoms with van der Waals surface area (Å²) in [6.45, 7) is 6.89. The predicted octanol–water partition coefficient (Wildman–Crippen LogP) is 6.36. The number of hydrogen-bond acceptors (Lipinski definition) is 6. The molecule has 3 heterocycles. The summed E-state index contributed by atoms with van der Waals surface area (Å²) in [5.41, 5.74) is 1.85. The first-order chi connectivity index (χ1) is 17.6. The fourth-order valence-electron chi connectivity index (χ4n) is 5.94. The number of halogens is 3. The third-order valence-corrected chi connectivity index (χ3v) is 8.39. The van der Waals surface area contributed by atoms with E-state index >= 15 is 0 Å². The molecule has 3 saturated carbocycles. The molecule has 0 radical (unpaired) electrons. The average Bonchev–Trinajstić information content (AvgIpc) is 3.29. The SMILES string of the molecule is COc1cnc(-c2c(C)ncn2C(C)C)nc1NCC12CCC(c3ccc(C(F)(F)F)cn3)(CC1)CC2. The van der Waals surface area contributed by atoms with Crippen LogP contribution in [0.4, 0.5) is 19.0 Å². The van der Waals surface area contributed by atoms with Gasteiger partial charge in [0, 0.05) is 29.9 Å². The summed E-state index contributed by atoms with van der Waals surface area (Å²) < 4.78 is 46.6. The van der Waals surface area contributed by atoms with Gasteiger partial charge in [-0.2, -0.15) is 13.2 Å². The minimum atomic E-state index is -4.36. The lowest BCUT2D eigenvalue weighted by Gasteiger charge is -2.53. The number of hydrogen-bond donors (Lipinski definition) is 1. The Balaban J connectivity index is 1.31. The molecule has 10 heteroatoms. The van der Waals surface area contributed by atoms with Crippen molar-refractivity contribution in [3.05, 3.63) is 47.8 Å². The van der Waals surface area contributed by atoms with Crippen molar-refractivity contribution in [3.8, 4) is 17.3 Å². The fourth-order valence-corrected chi connectivity index (χ4v) is 5.94. The van der Waals surface area contributed by atoms with E-state index in [4.69, 9.17) is 9.72 Å². The number of nitrogens with zero attached hydrogens (tertiary/aromatic N) is 5. The Hall–Kier alpha value is -3.17. The lowest BCUT2D eigenvalue weighted by atomic mass is 9.52. The Morgan fingerprint density at radius 1 is 1.03 bits per heavy atom. The summed E-state index contributed by atoms with van der Waals surface area (Å²) >= 11 is 0. The highest BCUT2D eigenvalue weighted by molar-refractivity contribution is 5.59. The lowest BCUT2D eigenvalue weighted by molar-refractivity contribution is -0.137. The minimum Gasteiger partial charge on any atom is -0.491 e. The molecule has 198 valence electrons. The Morgan fingerprint density at radius 2 is 1.73 bits per heavy atom. The topological polar surface area (TPSA) is 77.8 Å². The number of ether oxygens (including phenoxy) is 1. The first-order valence-electron chi connectivity index (χ1n) is 12.8. The van der Waals surface area contributed by atoms with Gasteiger partial charge in [-0.15, -0.1) is 0 Å². The largest absolute Gasteiger partial charge is 0.491 e. The molecule has 6 rings (SSSR count). The van der Waals surface area contributed by atoms with Gasteiger partial charge in [0.25, 0.3) is 0 Å². The molecule has 0 spiro atoms. The maximum absolute atomic E-state index is 13.0. The molecular formula is C27H33F3N6O. The summed E-state index contributed by atoms with van der Waals surface area (Å²) in [6.07, 6.45) is 5.86. The molecule has 1 N–H and O–H groups in total. The standard InChI is InChI=1S/C27H33F3N6O/c1-17(2)36-16-34-18(3)22(36)24-32-14-20(37-4)23(35-24)33-15-25-7-10-26(11-8-25,12-9-25)21-6-5-19(13-31-21)27(28,29)30/h5-6,13-14,16-17H,7-12,15H2,1-4H3,(H,32,33,35). The van der Waals surface area contributed by atoms with Gasteiger partial charge < -0.3 is 14.6 Å². The van der Waals surface area contributed by atoms with Crippen LogP contribution in [0.15, 0.2) is 30.9 Å². The van der Waals surface area contributed by atoms with Crippen molar-refractivity contribution in [2.75, 3.05) is 19.0 Å². The zero-order chi connectivity index (χ0) is 26.4. The fraction of sp³-hybridized carbons (Fsp3) is 0.556. The van der Waals surface area contributed by atoms with Crippen LogP contribution < -0.4 is 10.1 Å². The van der Waals surface area contributed by atoms with Gasteiger partial charge in [-0.3, -0.25) is 4.98 Å². The van der Waals surface area contributed by atoms with Crippen molar-refractivity contribution in [1.29, 1.82) is 0 Å². The van der Waals surface area contributed by atoms with Gasteiger partial charge in [-0.25, -0.2) is 15.0 Å². The summed E-state index contributed by atoms with van der Waals surface area (Å²) in [7, 11) is 1.61. The number of fused-ring (bicyclic) bond motifs is 3. The van der Waals surface area contributed by atoms with Gasteiger partial charge in [-0.05, 0) is 76.8 Å². The molecule has 3 aromatic rings. The summed E-state index contributed by atoms with van der Waals surface area (Å²) in [5.74, 6) is 1.84. The minimum absolute atomic E-state index is 0.111. The number of aromatic nitrogens is 5. The molecule has 2 bridgehead atoms. The normalized spacial score (nSPS) is 23.5. The van der Waals surface area contributed by atoms with Crippen LogP contribution in [0.1, 0.15) is 75.4 Å². The van der Waals surface area contributed by atoms with Crippen molar-refractivity contribution in [2.45, 2.75) is 76.9 Å². The highest BCUT2D eigenvalue weighted by atomic mass is 19.4. The van der Waals surface area contributed by atoms with E-state index in [1.54, 1.807) is 19.4 Å². The molecule has 37 heavy (non-hydrogen) atoms. The van der Waals surface area contributed by atoms with Crippen LogP contribution in [0.5, 0.6) is 5.75 Å². The molecule has 0 atom stereocenters. The van der Waals surface area contributed by atoms with Crippen LogP contribution in [0.25, 0.3) is 11.5 Å². The third-order valence-electron chi connectivity index (χ3n) is 8.39.